The van der Waals surface area contributed by atoms with Crippen molar-refractivity contribution in [1.29, 1.82) is 0 Å². The van der Waals surface area contributed by atoms with Crippen molar-refractivity contribution in [3.8, 4) is 5.75 Å². The lowest BCUT2D eigenvalue weighted by Gasteiger charge is -2.41. The van der Waals surface area contributed by atoms with Crippen molar-refractivity contribution in [3.05, 3.63) is 29.3 Å². The Kier molecular flexibility index (Phi) is 4.88. The molecule has 0 saturated carbocycles. The maximum absolute atomic E-state index is 10.4. The average molecular weight is 305 g/mol. The molecule has 2 rings (SSSR count). The molecule has 1 atom stereocenters. The van der Waals surface area contributed by atoms with Gasteiger partial charge in [-0.3, -0.25) is 4.90 Å². The highest BCUT2D eigenvalue weighted by Crippen LogP contribution is 2.40. The van der Waals surface area contributed by atoms with Crippen LogP contribution in [0.25, 0.3) is 0 Å². The quantitative estimate of drug-likeness (QED) is 0.900. The molecular weight excluding hydrogens is 274 g/mol. The molecule has 1 N–H and O–H groups in total. The molecule has 1 saturated heterocycles. The van der Waals surface area contributed by atoms with Gasteiger partial charge >= 0.3 is 0 Å². The Morgan fingerprint density at radius 3 is 2.32 bits per heavy atom. The Morgan fingerprint density at radius 2 is 1.73 bits per heavy atom. The van der Waals surface area contributed by atoms with Crippen LogP contribution in [0, 0.1) is 13.8 Å². The van der Waals surface area contributed by atoms with Crippen LogP contribution in [-0.4, -0.2) is 40.3 Å². The molecule has 1 aromatic rings. The van der Waals surface area contributed by atoms with Crippen LogP contribution in [0.15, 0.2) is 18.2 Å². The van der Waals surface area contributed by atoms with Gasteiger partial charge in [-0.1, -0.05) is 12.1 Å². The third kappa shape index (κ3) is 3.82. The lowest BCUT2D eigenvalue weighted by Crippen LogP contribution is -2.52. The predicted molar refractivity (Wildman–Crippen MR) is 91.5 cm³/mol. The zero-order valence-corrected chi connectivity index (χ0v) is 14.9. The minimum Gasteiger partial charge on any atom is -0.491 e. The van der Waals surface area contributed by atoms with E-state index in [4.69, 9.17) is 4.74 Å². The Morgan fingerprint density at radius 1 is 1.14 bits per heavy atom. The smallest absolute Gasteiger partial charge is 0.122 e. The number of β-amino-alcohol motifs (C(OH)–C–C–N with tert-alkyl or cyclic N) is 1. The summed E-state index contributed by atoms with van der Waals surface area (Å²) in [5, 5.41) is 10.4. The summed E-state index contributed by atoms with van der Waals surface area (Å²) in [6.07, 6.45) is 1.87. The van der Waals surface area contributed by atoms with Gasteiger partial charge in [0.1, 0.15) is 18.5 Å². The van der Waals surface area contributed by atoms with Crippen molar-refractivity contribution in [2.24, 2.45) is 0 Å². The third-order valence-electron chi connectivity index (χ3n) is 4.98. The summed E-state index contributed by atoms with van der Waals surface area (Å²) < 4.78 is 5.85. The van der Waals surface area contributed by atoms with Crippen LogP contribution < -0.4 is 4.74 Å². The highest BCUT2D eigenvalue weighted by Gasteiger charge is 2.44. The summed E-state index contributed by atoms with van der Waals surface area (Å²) in [5.74, 6) is 0.874. The fraction of sp³-hybridized carbons (Fsp3) is 0.684. The van der Waals surface area contributed by atoms with Gasteiger partial charge < -0.3 is 9.84 Å². The summed E-state index contributed by atoms with van der Waals surface area (Å²) >= 11 is 0. The second kappa shape index (κ2) is 6.21. The molecule has 1 unspecified atom stereocenters. The number of ether oxygens (including phenoxy) is 1. The highest BCUT2D eigenvalue weighted by atomic mass is 16.5. The van der Waals surface area contributed by atoms with Gasteiger partial charge in [0.05, 0.1) is 0 Å². The molecule has 0 bridgehead atoms. The first-order valence-electron chi connectivity index (χ1n) is 8.28. The van der Waals surface area contributed by atoms with E-state index in [2.05, 4.69) is 51.7 Å². The molecule has 1 aliphatic rings. The van der Waals surface area contributed by atoms with Crippen molar-refractivity contribution in [3.63, 3.8) is 0 Å². The fourth-order valence-corrected chi connectivity index (χ4v) is 3.51. The number of aryl methyl sites for hydroxylation is 2. The van der Waals surface area contributed by atoms with Crippen LogP contribution in [0.5, 0.6) is 5.75 Å². The molecule has 0 spiro atoms. The molecule has 1 aliphatic heterocycles. The molecule has 22 heavy (non-hydrogen) atoms. The van der Waals surface area contributed by atoms with Gasteiger partial charge in [-0.25, -0.2) is 0 Å². The summed E-state index contributed by atoms with van der Waals surface area (Å²) in [6, 6.07) is 6.17. The molecule has 0 aromatic heterocycles. The van der Waals surface area contributed by atoms with Crippen molar-refractivity contribution < 1.29 is 9.84 Å². The number of hydrogen-bond donors (Lipinski definition) is 1. The first-order valence-corrected chi connectivity index (χ1v) is 8.28. The molecular formula is C19H31NO2. The topological polar surface area (TPSA) is 32.7 Å². The van der Waals surface area contributed by atoms with Crippen LogP contribution in [0.1, 0.15) is 51.7 Å². The standard InChI is InChI=1S/C19H31NO2/c1-14-7-8-15(2)17(11-14)22-13-16(21)12-20-18(3,4)9-10-19(20,5)6/h7-8,11,16,21H,9-10,12-13H2,1-6H3. The number of likely N-dealkylation sites (tertiary alicyclic amines) is 1. The van der Waals surface area contributed by atoms with E-state index in [1.54, 1.807) is 0 Å². The van der Waals surface area contributed by atoms with Crippen LogP contribution in [0.2, 0.25) is 0 Å². The summed E-state index contributed by atoms with van der Waals surface area (Å²) in [4.78, 5) is 2.43. The second-order valence-corrected chi connectivity index (χ2v) is 7.97. The van der Waals surface area contributed by atoms with E-state index >= 15 is 0 Å². The van der Waals surface area contributed by atoms with Crippen molar-refractivity contribution in [2.45, 2.75) is 71.6 Å². The van der Waals surface area contributed by atoms with Gasteiger partial charge in [0.15, 0.2) is 0 Å². The lowest BCUT2D eigenvalue weighted by atomic mass is 10.0. The zero-order valence-electron chi connectivity index (χ0n) is 14.9. The number of aliphatic hydroxyl groups excluding tert-OH is 1. The number of benzene rings is 1. The molecule has 0 amide bonds. The van der Waals surface area contributed by atoms with E-state index in [-0.39, 0.29) is 11.1 Å². The number of hydrogen-bond acceptors (Lipinski definition) is 3. The Bertz CT molecular complexity index is 506. The Labute approximate surface area is 135 Å². The minimum absolute atomic E-state index is 0.143. The van der Waals surface area contributed by atoms with E-state index in [9.17, 15) is 5.11 Å². The molecule has 0 aliphatic carbocycles. The minimum atomic E-state index is -0.475. The fourth-order valence-electron chi connectivity index (χ4n) is 3.51. The van der Waals surface area contributed by atoms with Gasteiger partial charge in [-0.05, 0) is 71.6 Å². The van der Waals surface area contributed by atoms with E-state index in [0.29, 0.717) is 13.2 Å². The normalized spacial score (nSPS) is 21.8. The summed E-state index contributed by atoms with van der Waals surface area (Å²) in [5.41, 5.74) is 2.57. The largest absolute Gasteiger partial charge is 0.491 e. The van der Waals surface area contributed by atoms with Gasteiger partial charge in [-0.15, -0.1) is 0 Å². The highest BCUT2D eigenvalue weighted by molar-refractivity contribution is 5.35. The average Bonchev–Trinajstić information content (AvgIpc) is 2.63. The molecule has 1 fully saturated rings. The lowest BCUT2D eigenvalue weighted by molar-refractivity contribution is 0.00521. The van der Waals surface area contributed by atoms with E-state index in [1.165, 1.54) is 18.4 Å². The van der Waals surface area contributed by atoms with E-state index in [1.807, 2.05) is 13.0 Å². The van der Waals surface area contributed by atoms with Crippen molar-refractivity contribution in [2.75, 3.05) is 13.2 Å². The molecule has 1 heterocycles. The van der Waals surface area contributed by atoms with E-state index < -0.39 is 6.10 Å². The predicted octanol–water partition coefficient (Wildman–Crippen LogP) is 3.70. The van der Waals surface area contributed by atoms with Crippen LogP contribution in [0.3, 0.4) is 0 Å². The maximum atomic E-state index is 10.4. The number of aliphatic hydroxyl groups is 1. The van der Waals surface area contributed by atoms with Crippen LogP contribution in [0.4, 0.5) is 0 Å². The molecule has 1 aromatic carbocycles. The van der Waals surface area contributed by atoms with Crippen LogP contribution >= 0.6 is 0 Å². The molecule has 3 heteroatoms. The van der Waals surface area contributed by atoms with Crippen molar-refractivity contribution >= 4 is 0 Å². The van der Waals surface area contributed by atoms with E-state index in [0.717, 1.165) is 11.3 Å². The number of nitrogens with zero attached hydrogens (tertiary/aromatic N) is 1. The summed E-state index contributed by atoms with van der Waals surface area (Å²) in [6.45, 7) is 14.1. The molecule has 3 nitrogen and oxygen atoms in total. The third-order valence-corrected chi connectivity index (χ3v) is 4.98. The van der Waals surface area contributed by atoms with Gasteiger partial charge in [0.25, 0.3) is 0 Å². The monoisotopic (exact) mass is 305 g/mol. The first kappa shape index (κ1) is 17.3. The zero-order chi connectivity index (χ0) is 16.5. The second-order valence-electron chi connectivity index (χ2n) is 7.97. The molecule has 124 valence electrons. The van der Waals surface area contributed by atoms with Gasteiger partial charge in [-0.2, -0.15) is 0 Å². The Hall–Kier alpha value is -1.06. The Balaban J connectivity index is 1.95. The van der Waals surface area contributed by atoms with Crippen LogP contribution in [-0.2, 0) is 0 Å². The maximum Gasteiger partial charge on any atom is 0.122 e. The SMILES string of the molecule is Cc1ccc(C)c(OCC(O)CN2C(C)(C)CCC2(C)C)c1. The van der Waals surface area contributed by atoms with Gasteiger partial charge in [0.2, 0.25) is 0 Å². The number of rotatable bonds is 5. The first-order chi connectivity index (χ1) is 10.1. The summed E-state index contributed by atoms with van der Waals surface area (Å²) in [7, 11) is 0. The molecule has 0 radical (unpaired) electrons. The van der Waals surface area contributed by atoms with Crippen molar-refractivity contribution in [1.82, 2.24) is 4.90 Å². The van der Waals surface area contributed by atoms with Gasteiger partial charge in [0, 0.05) is 17.6 Å².